The van der Waals surface area contributed by atoms with Gasteiger partial charge in [-0.1, -0.05) is 82.3 Å². The van der Waals surface area contributed by atoms with Crippen molar-refractivity contribution in [3.8, 4) is 17.2 Å². The summed E-state index contributed by atoms with van der Waals surface area (Å²) in [7, 11) is -3.25. The minimum Gasteiger partial charge on any atom is -0.490 e. The molecule has 4 rings (SSSR count). The van der Waals surface area contributed by atoms with E-state index < -0.39 is 136 Å². The third-order valence-electron chi connectivity index (χ3n) is 10.4. The second kappa shape index (κ2) is 25.6. The summed E-state index contributed by atoms with van der Waals surface area (Å²) in [4.78, 5) is 0. The number of benzene rings is 4. The Labute approximate surface area is 411 Å². The van der Waals surface area contributed by atoms with E-state index in [0.717, 1.165) is 63.1 Å². The Morgan fingerprint density at radius 1 is 0.360 bits per heavy atom. The summed E-state index contributed by atoms with van der Waals surface area (Å²) < 4.78 is 335. The Kier molecular flexibility index (Phi) is 21.9. The Balaban J connectivity index is 0.000000910. The van der Waals surface area contributed by atoms with Crippen LogP contribution >= 0.6 is 0 Å². The maximum Gasteiger partial charge on any atom is 0.864 e. The van der Waals surface area contributed by atoms with Crippen molar-refractivity contribution in [3.05, 3.63) is 117 Å². The molecule has 0 atom stereocenters. The van der Waals surface area contributed by atoms with Gasteiger partial charge in [-0.15, -0.1) is 6.07 Å². The van der Waals surface area contributed by atoms with Crippen LogP contribution in [0.4, 0.5) is 111 Å². The predicted octanol–water partition coefficient (Wildman–Crippen LogP) is 17.7. The Hall–Kier alpha value is -5.38. The van der Waals surface area contributed by atoms with E-state index in [4.69, 9.17) is 14.0 Å². The van der Waals surface area contributed by atoms with Crippen molar-refractivity contribution < 1.29 is 125 Å². The zero-order valence-corrected chi connectivity index (χ0v) is 38.5. The zero-order valence-electron chi connectivity index (χ0n) is 38.5. The standard InChI is InChI=1S/C38H38BF18NO3.C8H3F6/c1-2-3-4-5-6-7-8-9-10-11-12-13-14-58-32-30(38(55,56)57)21-27(37(52,53)54)22-31(32)61-39(59-28-17-23(33(40,41)42)15-24(18-28)34(43,44)45)60-29-19-25(35(46,47)48)16-26(20-29)36(49,50)51;9-7(10,11)5-2-1-3-6(4-5)8(12,13)14/h15-22,58H,2-14H2,1H3;2-4H/q;-1/p+1. The molecular formula is C46H42BF24NO3. The summed E-state index contributed by atoms with van der Waals surface area (Å²) in [6.45, 7) is 1.81. The average molecular weight is 1120 g/mol. The molecule has 0 aliphatic carbocycles. The second-order valence-corrected chi connectivity index (χ2v) is 16.4. The lowest BCUT2D eigenvalue weighted by Gasteiger charge is -2.22. The van der Waals surface area contributed by atoms with E-state index in [1.54, 1.807) is 6.07 Å². The third kappa shape index (κ3) is 21.3. The fourth-order valence-electron chi connectivity index (χ4n) is 6.75. The number of hydrogen-bond acceptors (Lipinski definition) is 3. The maximum atomic E-state index is 14.4. The van der Waals surface area contributed by atoms with Gasteiger partial charge in [0.05, 0.1) is 34.4 Å². The molecule has 0 fully saturated rings. The summed E-state index contributed by atoms with van der Waals surface area (Å²) in [5.74, 6) is -4.68. The van der Waals surface area contributed by atoms with Gasteiger partial charge in [-0.2, -0.15) is 124 Å². The van der Waals surface area contributed by atoms with E-state index in [-0.39, 0.29) is 55.4 Å². The second-order valence-electron chi connectivity index (χ2n) is 16.4. The van der Waals surface area contributed by atoms with Crippen molar-refractivity contribution in [3.63, 3.8) is 0 Å². The Bertz CT molecular complexity index is 2250. The van der Waals surface area contributed by atoms with Gasteiger partial charge >= 0.3 is 56.7 Å². The molecule has 0 radical (unpaired) electrons. The van der Waals surface area contributed by atoms with E-state index in [1.165, 1.54) is 0 Å². The molecule has 0 aliphatic heterocycles. The molecule has 0 spiro atoms. The van der Waals surface area contributed by atoms with Crippen LogP contribution in [0.25, 0.3) is 0 Å². The zero-order chi connectivity index (χ0) is 57.0. The summed E-state index contributed by atoms with van der Waals surface area (Å²) in [6, 6.07) is 0.844. The number of halogens is 24. The van der Waals surface area contributed by atoms with Crippen LogP contribution in [0.1, 0.15) is 128 Å². The van der Waals surface area contributed by atoms with Gasteiger partial charge in [0.25, 0.3) is 0 Å². The molecule has 0 heterocycles. The molecule has 0 aromatic heterocycles. The highest BCUT2D eigenvalue weighted by atomic mass is 19.4. The van der Waals surface area contributed by atoms with E-state index in [2.05, 4.69) is 6.92 Å². The highest BCUT2D eigenvalue weighted by Crippen LogP contribution is 2.45. The van der Waals surface area contributed by atoms with Crippen LogP contribution < -0.4 is 19.3 Å². The molecule has 4 aromatic rings. The lowest BCUT2D eigenvalue weighted by atomic mass is 10.0. The van der Waals surface area contributed by atoms with Crippen molar-refractivity contribution in [2.24, 2.45) is 0 Å². The first-order valence-corrected chi connectivity index (χ1v) is 22.1. The highest BCUT2D eigenvalue weighted by Gasteiger charge is 2.45. The van der Waals surface area contributed by atoms with Crippen LogP contribution in [-0.4, -0.2) is 13.9 Å². The minimum atomic E-state index is -5.61. The molecule has 0 saturated carbocycles. The quantitative estimate of drug-likeness (QED) is 0.0315. The van der Waals surface area contributed by atoms with E-state index in [1.807, 2.05) is 0 Å². The van der Waals surface area contributed by atoms with Gasteiger partial charge in [-0.05, 0) is 61.4 Å². The Morgan fingerprint density at radius 2 is 0.667 bits per heavy atom. The van der Waals surface area contributed by atoms with Gasteiger partial charge in [-0.25, -0.2) is 0 Å². The molecule has 4 nitrogen and oxygen atoms in total. The fourth-order valence-corrected chi connectivity index (χ4v) is 6.75. The van der Waals surface area contributed by atoms with Gasteiger partial charge in [0.15, 0.2) is 11.4 Å². The fraction of sp³-hybridized carbons (Fsp3) is 0.478. The van der Waals surface area contributed by atoms with Crippen LogP contribution in [0.2, 0.25) is 0 Å². The van der Waals surface area contributed by atoms with Crippen LogP contribution in [0.15, 0.2) is 66.7 Å². The van der Waals surface area contributed by atoms with Crippen molar-refractivity contribution in [1.29, 1.82) is 0 Å². The largest absolute Gasteiger partial charge is 0.864 e. The SMILES string of the molecule is CCCCCCCCCCCCCC[NH2+]c1c(OB(Oc2cc(C(F)(F)F)cc(C(F)(F)F)c2)Oc2cc(C(F)(F)F)cc(C(F)(F)F)c2)cc(C(F)(F)F)cc1C(F)(F)F.FC(F)(F)c1c[c-]cc(C(F)(F)F)c1. The number of alkyl halides is 24. The first-order valence-electron chi connectivity index (χ1n) is 22.1. The molecule has 75 heavy (non-hydrogen) atoms. The summed E-state index contributed by atoms with van der Waals surface area (Å²) >= 11 is 0. The highest BCUT2D eigenvalue weighted by molar-refractivity contribution is 6.39. The molecule has 0 saturated heterocycles. The van der Waals surface area contributed by atoms with Crippen molar-refractivity contribution in [2.75, 3.05) is 6.54 Å². The summed E-state index contributed by atoms with van der Waals surface area (Å²) in [5.41, 5.74) is -16.4. The number of hydrogen-bond donors (Lipinski definition) is 1. The van der Waals surface area contributed by atoms with E-state index in [9.17, 15) is 105 Å². The normalized spacial score (nSPS) is 13.1. The topological polar surface area (TPSA) is 44.3 Å². The summed E-state index contributed by atoms with van der Waals surface area (Å²) in [6.07, 6.45) is -32.7. The average Bonchev–Trinajstić information content (AvgIpc) is 3.25. The van der Waals surface area contributed by atoms with Gasteiger partial charge in [0.1, 0.15) is 17.1 Å². The number of quaternary nitrogens is 1. The van der Waals surface area contributed by atoms with Crippen molar-refractivity contribution in [1.82, 2.24) is 0 Å². The summed E-state index contributed by atoms with van der Waals surface area (Å²) in [5, 5.41) is 0.754. The van der Waals surface area contributed by atoms with E-state index in [0.29, 0.717) is 25.0 Å². The van der Waals surface area contributed by atoms with Crippen LogP contribution in [0.5, 0.6) is 17.2 Å². The minimum absolute atomic E-state index is 0.0521. The third-order valence-corrected chi connectivity index (χ3v) is 10.4. The molecule has 0 unspecified atom stereocenters. The van der Waals surface area contributed by atoms with Gasteiger partial charge in [0.2, 0.25) is 0 Å². The molecule has 2 N–H and O–H groups in total. The lowest BCUT2D eigenvalue weighted by Crippen LogP contribution is -2.78. The maximum absolute atomic E-state index is 14.4. The van der Waals surface area contributed by atoms with Crippen LogP contribution in [0, 0.1) is 6.07 Å². The number of unbranched alkanes of at least 4 members (excludes halogenated alkanes) is 11. The molecular weight excluding hydrogens is 1080 g/mol. The van der Waals surface area contributed by atoms with Crippen LogP contribution in [0.3, 0.4) is 0 Å². The first kappa shape index (κ1) is 63.9. The van der Waals surface area contributed by atoms with Gasteiger partial charge in [0, 0.05) is 0 Å². The molecule has 29 heteroatoms. The van der Waals surface area contributed by atoms with E-state index >= 15 is 0 Å². The monoisotopic (exact) mass is 1120 g/mol. The molecule has 4 aromatic carbocycles. The number of rotatable bonds is 20. The number of nitrogens with two attached hydrogens (primary N) is 1. The molecule has 0 aliphatic rings. The smallest absolute Gasteiger partial charge is 0.490 e. The molecule has 0 bridgehead atoms. The van der Waals surface area contributed by atoms with Gasteiger partial charge < -0.3 is 19.3 Å². The molecule has 420 valence electrons. The van der Waals surface area contributed by atoms with Crippen LogP contribution in [-0.2, 0) is 49.4 Å². The van der Waals surface area contributed by atoms with Crippen molar-refractivity contribution in [2.45, 2.75) is 133 Å². The predicted molar refractivity (Wildman–Crippen MR) is 220 cm³/mol. The lowest BCUT2D eigenvalue weighted by molar-refractivity contribution is -0.573. The first-order chi connectivity index (χ1) is 34.2. The van der Waals surface area contributed by atoms with Crippen molar-refractivity contribution >= 4 is 13.0 Å². The van der Waals surface area contributed by atoms with Gasteiger partial charge in [-0.3, -0.25) is 0 Å². The Morgan fingerprint density at radius 3 is 0.987 bits per heavy atom. The molecule has 0 amide bonds.